The molecule has 0 aliphatic heterocycles. The van der Waals surface area contributed by atoms with Crippen molar-refractivity contribution < 1.29 is 4.74 Å². The van der Waals surface area contributed by atoms with Crippen molar-refractivity contribution in [2.75, 3.05) is 26.8 Å². The summed E-state index contributed by atoms with van der Waals surface area (Å²) in [6, 6.07) is 8.62. The third-order valence-corrected chi connectivity index (χ3v) is 5.08. The number of guanidine groups is 1. The quantitative estimate of drug-likeness (QED) is 0.434. The molecule has 134 valence electrons. The molecule has 0 radical (unpaired) electrons. The van der Waals surface area contributed by atoms with Gasteiger partial charge in [0.05, 0.1) is 0 Å². The van der Waals surface area contributed by atoms with Crippen molar-refractivity contribution in [3.63, 3.8) is 0 Å². The maximum Gasteiger partial charge on any atom is 0.191 e. The summed E-state index contributed by atoms with van der Waals surface area (Å²) in [5.41, 5.74) is 2.94. The lowest BCUT2D eigenvalue weighted by Gasteiger charge is -2.30. The van der Waals surface area contributed by atoms with E-state index in [0.29, 0.717) is 5.41 Å². The van der Waals surface area contributed by atoms with E-state index in [1.165, 1.54) is 36.8 Å². The van der Waals surface area contributed by atoms with Crippen LogP contribution in [0.2, 0.25) is 0 Å². The lowest BCUT2D eigenvalue weighted by atomic mass is 9.83. The first kappa shape index (κ1) is 18.8. The SMILES string of the molecule is CCOCCC1(CNC(=NC)NCc2ccc(C)cc2)CCCC1. The first-order chi connectivity index (χ1) is 11.7. The molecule has 4 heteroatoms. The number of nitrogens with zero attached hydrogens (tertiary/aromatic N) is 1. The standard InChI is InChI=1S/C20H33N3O/c1-4-24-14-13-20(11-5-6-12-20)16-23-19(21-3)22-15-18-9-7-17(2)8-10-18/h7-10H,4-6,11-16H2,1-3H3,(H2,21,22,23). The molecule has 0 aromatic heterocycles. The Kier molecular flexibility index (Phi) is 7.57. The number of benzene rings is 1. The minimum Gasteiger partial charge on any atom is -0.382 e. The van der Waals surface area contributed by atoms with Crippen LogP contribution in [0.25, 0.3) is 0 Å². The fourth-order valence-electron chi connectivity index (χ4n) is 3.46. The molecule has 1 aromatic carbocycles. The lowest BCUT2D eigenvalue weighted by molar-refractivity contribution is 0.105. The van der Waals surface area contributed by atoms with E-state index in [2.05, 4.69) is 53.7 Å². The second kappa shape index (κ2) is 9.67. The minimum atomic E-state index is 0.372. The summed E-state index contributed by atoms with van der Waals surface area (Å²) in [5, 5.41) is 6.97. The number of aliphatic imine (C=N–C) groups is 1. The van der Waals surface area contributed by atoms with Gasteiger partial charge < -0.3 is 15.4 Å². The zero-order valence-electron chi connectivity index (χ0n) is 15.5. The average molecular weight is 332 g/mol. The Morgan fingerprint density at radius 1 is 1.17 bits per heavy atom. The molecule has 0 spiro atoms. The second-order valence-corrected chi connectivity index (χ2v) is 6.92. The predicted molar refractivity (Wildman–Crippen MR) is 101 cm³/mol. The van der Waals surface area contributed by atoms with Crippen molar-refractivity contribution in [2.24, 2.45) is 10.4 Å². The highest BCUT2D eigenvalue weighted by Gasteiger charge is 2.33. The third-order valence-electron chi connectivity index (χ3n) is 5.08. The first-order valence-corrected chi connectivity index (χ1v) is 9.25. The van der Waals surface area contributed by atoms with Crippen LogP contribution in [0.5, 0.6) is 0 Å². The van der Waals surface area contributed by atoms with Gasteiger partial charge in [-0.25, -0.2) is 0 Å². The van der Waals surface area contributed by atoms with E-state index in [1.54, 1.807) is 0 Å². The van der Waals surface area contributed by atoms with Gasteiger partial charge in [-0.1, -0.05) is 42.7 Å². The van der Waals surface area contributed by atoms with Crippen molar-refractivity contribution in [2.45, 2.75) is 52.5 Å². The molecule has 0 amide bonds. The maximum atomic E-state index is 5.59. The van der Waals surface area contributed by atoms with E-state index in [1.807, 2.05) is 7.05 Å². The van der Waals surface area contributed by atoms with Gasteiger partial charge >= 0.3 is 0 Å². The molecule has 1 fully saturated rings. The van der Waals surface area contributed by atoms with Gasteiger partial charge in [0.2, 0.25) is 0 Å². The highest BCUT2D eigenvalue weighted by Crippen LogP contribution is 2.40. The summed E-state index contributed by atoms with van der Waals surface area (Å²) in [5.74, 6) is 0.887. The molecular weight excluding hydrogens is 298 g/mol. The van der Waals surface area contributed by atoms with Crippen LogP contribution >= 0.6 is 0 Å². The number of nitrogens with one attached hydrogen (secondary N) is 2. The van der Waals surface area contributed by atoms with Gasteiger partial charge in [-0.3, -0.25) is 4.99 Å². The van der Waals surface area contributed by atoms with Crippen LogP contribution in [0.4, 0.5) is 0 Å². The number of hydrogen-bond acceptors (Lipinski definition) is 2. The Balaban J connectivity index is 1.81. The van der Waals surface area contributed by atoms with E-state index in [-0.39, 0.29) is 0 Å². The first-order valence-electron chi connectivity index (χ1n) is 9.25. The molecule has 1 aromatic rings. The predicted octanol–water partition coefficient (Wildman–Crippen LogP) is 3.65. The van der Waals surface area contributed by atoms with Crippen LogP contribution in [0.3, 0.4) is 0 Å². The van der Waals surface area contributed by atoms with Crippen molar-refractivity contribution >= 4 is 5.96 Å². The zero-order valence-corrected chi connectivity index (χ0v) is 15.5. The van der Waals surface area contributed by atoms with Crippen LogP contribution < -0.4 is 10.6 Å². The Labute approximate surface area is 147 Å². The van der Waals surface area contributed by atoms with E-state index in [0.717, 1.165) is 38.7 Å². The van der Waals surface area contributed by atoms with Crippen molar-refractivity contribution in [1.82, 2.24) is 10.6 Å². The summed E-state index contributed by atoms with van der Waals surface area (Å²) >= 11 is 0. The minimum absolute atomic E-state index is 0.372. The maximum absolute atomic E-state index is 5.59. The van der Waals surface area contributed by atoms with Gasteiger partial charge in [0.1, 0.15) is 0 Å². The third kappa shape index (κ3) is 5.82. The number of rotatable bonds is 8. The highest BCUT2D eigenvalue weighted by molar-refractivity contribution is 5.79. The molecule has 2 N–H and O–H groups in total. The Morgan fingerprint density at radius 3 is 2.50 bits per heavy atom. The van der Waals surface area contributed by atoms with Gasteiger partial charge in [-0.05, 0) is 44.1 Å². The van der Waals surface area contributed by atoms with Crippen LogP contribution in [-0.4, -0.2) is 32.8 Å². The Bertz CT molecular complexity index is 504. The summed E-state index contributed by atoms with van der Waals surface area (Å²) < 4.78 is 5.59. The van der Waals surface area contributed by atoms with Crippen LogP contribution in [-0.2, 0) is 11.3 Å². The average Bonchev–Trinajstić information content (AvgIpc) is 3.06. The summed E-state index contributed by atoms with van der Waals surface area (Å²) in [6.07, 6.45) is 6.40. The van der Waals surface area contributed by atoms with Gasteiger partial charge in [0.25, 0.3) is 0 Å². The van der Waals surface area contributed by atoms with E-state index >= 15 is 0 Å². The van der Waals surface area contributed by atoms with Gasteiger partial charge in [0.15, 0.2) is 5.96 Å². The van der Waals surface area contributed by atoms with Crippen molar-refractivity contribution in [3.8, 4) is 0 Å². The van der Waals surface area contributed by atoms with Crippen LogP contribution in [0.1, 0.15) is 50.2 Å². The van der Waals surface area contributed by atoms with Crippen LogP contribution in [0.15, 0.2) is 29.3 Å². The number of aryl methyl sites for hydroxylation is 1. The molecule has 1 saturated carbocycles. The molecule has 0 atom stereocenters. The highest BCUT2D eigenvalue weighted by atomic mass is 16.5. The Morgan fingerprint density at radius 2 is 1.88 bits per heavy atom. The molecule has 2 rings (SSSR count). The number of ether oxygens (including phenoxy) is 1. The molecule has 1 aliphatic rings. The zero-order chi connectivity index (χ0) is 17.3. The normalized spacial score (nSPS) is 17.0. The van der Waals surface area contributed by atoms with Gasteiger partial charge in [-0.2, -0.15) is 0 Å². The molecule has 24 heavy (non-hydrogen) atoms. The molecule has 4 nitrogen and oxygen atoms in total. The Hall–Kier alpha value is -1.55. The van der Waals surface area contributed by atoms with Gasteiger partial charge in [0, 0.05) is 33.4 Å². The van der Waals surface area contributed by atoms with E-state index in [9.17, 15) is 0 Å². The van der Waals surface area contributed by atoms with Gasteiger partial charge in [-0.15, -0.1) is 0 Å². The molecule has 0 heterocycles. The topological polar surface area (TPSA) is 45.6 Å². The summed E-state index contributed by atoms with van der Waals surface area (Å²) in [4.78, 5) is 4.37. The van der Waals surface area contributed by atoms with E-state index < -0.39 is 0 Å². The fourth-order valence-corrected chi connectivity index (χ4v) is 3.46. The van der Waals surface area contributed by atoms with E-state index in [4.69, 9.17) is 4.74 Å². The van der Waals surface area contributed by atoms with Crippen molar-refractivity contribution in [1.29, 1.82) is 0 Å². The summed E-state index contributed by atoms with van der Waals surface area (Å²) in [6.45, 7) is 7.63. The molecule has 0 saturated heterocycles. The summed E-state index contributed by atoms with van der Waals surface area (Å²) in [7, 11) is 1.84. The molecule has 0 unspecified atom stereocenters. The second-order valence-electron chi connectivity index (χ2n) is 6.92. The lowest BCUT2D eigenvalue weighted by Crippen LogP contribution is -2.43. The molecule has 0 bridgehead atoms. The largest absolute Gasteiger partial charge is 0.382 e. The monoisotopic (exact) mass is 331 g/mol. The number of hydrogen-bond donors (Lipinski definition) is 2. The van der Waals surface area contributed by atoms with Crippen LogP contribution in [0, 0.1) is 12.3 Å². The smallest absolute Gasteiger partial charge is 0.191 e. The molecular formula is C20H33N3O. The molecule has 1 aliphatic carbocycles. The fraction of sp³-hybridized carbons (Fsp3) is 0.650. The van der Waals surface area contributed by atoms with Crippen molar-refractivity contribution in [3.05, 3.63) is 35.4 Å².